The first-order chi connectivity index (χ1) is 10.1. The van der Waals surface area contributed by atoms with Crippen molar-refractivity contribution in [3.63, 3.8) is 0 Å². The summed E-state index contributed by atoms with van der Waals surface area (Å²) in [6, 6.07) is 5.99. The summed E-state index contributed by atoms with van der Waals surface area (Å²) < 4.78 is 0. The number of fused-ring (bicyclic) bond motifs is 1. The third-order valence-corrected chi connectivity index (χ3v) is 3.96. The molecule has 1 aliphatic heterocycles. The molecule has 0 radical (unpaired) electrons. The molecular weight excluding hydrogens is 268 g/mol. The number of carbonyl (C=O) groups is 3. The molecule has 1 atom stereocenters. The minimum atomic E-state index is -0.311. The Labute approximate surface area is 124 Å². The molecule has 5 heteroatoms. The van der Waals surface area contributed by atoms with E-state index in [9.17, 15) is 14.4 Å². The van der Waals surface area contributed by atoms with Crippen LogP contribution in [0, 0.1) is 0 Å². The van der Waals surface area contributed by atoms with Gasteiger partial charge in [0.05, 0.1) is 0 Å². The van der Waals surface area contributed by atoms with Crippen molar-refractivity contribution < 1.29 is 14.4 Å². The minimum Gasteiger partial charge on any atom is -0.332 e. The second-order valence-corrected chi connectivity index (χ2v) is 5.35. The topological polar surface area (TPSA) is 66.5 Å². The zero-order chi connectivity index (χ0) is 15.4. The number of aryl methyl sites for hydroxylation is 1. The number of hydrogen-bond donors (Lipinski definition) is 1. The zero-order valence-corrected chi connectivity index (χ0v) is 12.4. The van der Waals surface area contributed by atoms with Crippen LogP contribution in [-0.2, 0) is 22.6 Å². The maximum Gasteiger partial charge on any atom is 0.254 e. The summed E-state index contributed by atoms with van der Waals surface area (Å²) in [6.07, 6.45) is 2.07. The summed E-state index contributed by atoms with van der Waals surface area (Å²) in [5.41, 5.74) is 2.97. The standard InChI is InChI=1S/C16H20N2O3/c1-3-12-5-6-13-9-18(16(21)14(13)8-12)11(2)4-7-15(20)17-10-19/h5-6,8,10-11H,3-4,7,9H2,1-2H3,(H,17,19,20)/t11-/m0/s1. The van der Waals surface area contributed by atoms with E-state index >= 15 is 0 Å². The monoisotopic (exact) mass is 288 g/mol. The summed E-state index contributed by atoms with van der Waals surface area (Å²) in [5, 5.41) is 2.11. The average Bonchev–Trinajstić information content (AvgIpc) is 2.82. The molecule has 0 saturated heterocycles. The van der Waals surface area contributed by atoms with Crippen molar-refractivity contribution in [1.82, 2.24) is 10.2 Å². The number of hydrogen-bond acceptors (Lipinski definition) is 3. The molecule has 1 aromatic rings. The predicted octanol–water partition coefficient (Wildman–Crippen LogP) is 1.65. The molecule has 0 fully saturated rings. The van der Waals surface area contributed by atoms with Gasteiger partial charge in [-0.3, -0.25) is 19.7 Å². The van der Waals surface area contributed by atoms with Gasteiger partial charge in [-0.1, -0.05) is 19.1 Å². The maximum atomic E-state index is 12.4. The zero-order valence-electron chi connectivity index (χ0n) is 12.4. The Hall–Kier alpha value is -2.17. The molecule has 1 aromatic carbocycles. The van der Waals surface area contributed by atoms with Crippen LogP contribution in [-0.4, -0.2) is 29.2 Å². The van der Waals surface area contributed by atoms with Crippen molar-refractivity contribution in [2.75, 3.05) is 0 Å². The number of benzene rings is 1. The van der Waals surface area contributed by atoms with Crippen LogP contribution in [0.2, 0.25) is 0 Å². The fourth-order valence-electron chi connectivity index (χ4n) is 2.58. The Morgan fingerprint density at radius 2 is 2.24 bits per heavy atom. The lowest BCUT2D eigenvalue weighted by Crippen LogP contribution is -2.34. The quantitative estimate of drug-likeness (QED) is 0.809. The van der Waals surface area contributed by atoms with Crippen LogP contribution in [0.15, 0.2) is 18.2 Å². The van der Waals surface area contributed by atoms with E-state index in [-0.39, 0.29) is 24.3 Å². The molecule has 0 spiro atoms. The summed E-state index contributed by atoms with van der Waals surface area (Å²) >= 11 is 0. The molecule has 1 aliphatic rings. The van der Waals surface area contributed by atoms with Gasteiger partial charge in [-0.15, -0.1) is 0 Å². The number of imide groups is 1. The first kappa shape index (κ1) is 15.2. The molecule has 1 N–H and O–H groups in total. The van der Waals surface area contributed by atoms with E-state index in [1.807, 2.05) is 19.1 Å². The number of nitrogens with one attached hydrogen (secondary N) is 1. The van der Waals surface area contributed by atoms with Gasteiger partial charge in [-0.25, -0.2) is 0 Å². The van der Waals surface area contributed by atoms with Crippen molar-refractivity contribution in [3.05, 3.63) is 34.9 Å². The van der Waals surface area contributed by atoms with Crippen LogP contribution in [0.5, 0.6) is 0 Å². The molecule has 0 bridgehead atoms. The molecule has 0 unspecified atom stereocenters. The van der Waals surface area contributed by atoms with Crippen LogP contribution >= 0.6 is 0 Å². The van der Waals surface area contributed by atoms with Crippen molar-refractivity contribution in [3.8, 4) is 0 Å². The molecule has 3 amide bonds. The highest BCUT2D eigenvalue weighted by Gasteiger charge is 2.30. The Morgan fingerprint density at radius 3 is 2.90 bits per heavy atom. The molecule has 1 heterocycles. The number of nitrogens with zero attached hydrogens (tertiary/aromatic N) is 1. The Bertz CT molecular complexity index is 569. The van der Waals surface area contributed by atoms with Gasteiger partial charge in [0.25, 0.3) is 5.91 Å². The average molecular weight is 288 g/mol. The van der Waals surface area contributed by atoms with Crippen LogP contribution < -0.4 is 5.32 Å². The molecule has 0 saturated carbocycles. The predicted molar refractivity (Wildman–Crippen MR) is 78.6 cm³/mol. The molecule has 5 nitrogen and oxygen atoms in total. The van der Waals surface area contributed by atoms with Crippen molar-refractivity contribution in [2.45, 2.75) is 45.7 Å². The van der Waals surface area contributed by atoms with E-state index in [0.29, 0.717) is 19.4 Å². The van der Waals surface area contributed by atoms with Gasteiger partial charge < -0.3 is 4.90 Å². The SMILES string of the molecule is CCc1ccc2c(c1)C(=O)N([C@@H](C)CCC(=O)NC=O)C2. The van der Waals surface area contributed by atoms with E-state index in [2.05, 4.69) is 18.3 Å². The first-order valence-electron chi connectivity index (χ1n) is 7.22. The lowest BCUT2D eigenvalue weighted by atomic mass is 10.0. The van der Waals surface area contributed by atoms with E-state index in [4.69, 9.17) is 0 Å². The van der Waals surface area contributed by atoms with Crippen LogP contribution in [0.1, 0.15) is 48.2 Å². The van der Waals surface area contributed by atoms with E-state index in [1.165, 1.54) is 0 Å². The van der Waals surface area contributed by atoms with Crippen LogP contribution in [0.25, 0.3) is 0 Å². The lowest BCUT2D eigenvalue weighted by Gasteiger charge is -2.23. The summed E-state index contributed by atoms with van der Waals surface area (Å²) in [6.45, 7) is 4.58. The number of rotatable bonds is 6. The van der Waals surface area contributed by atoms with Crippen LogP contribution in [0.3, 0.4) is 0 Å². The fourth-order valence-corrected chi connectivity index (χ4v) is 2.58. The first-order valence-corrected chi connectivity index (χ1v) is 7.22. The lowest BCUT2D eigenvalue weighted by molar-refractivity contribution is -0.125. The molecular formula is C16H20N2O3. The summed E-state index contributed by atoms with van der Waals surface area (Å²) in [4.78, 5) is 35.7. The Balaban J connectivity index is 2.01. The second-order valence-electron chi connectivity index (χ2n) is 5.35. The normalized spacial score (nSPS) is 14.8. The van der Waals surface area contributed by atoms with E-state index < -0.39 is 0 Å². The summed E-state index contributed by atoms with van der Waals surface area (Å²) in [5.74, 6) is -0.280. The van der Waals surface area contributed by atoms with Gasteiger partial charge in [-0.2, -0.15) is 0 Å². The third-order valence-electron chi connectivity index (χ3n) is 3.96. The number of amides is 3. The second kappa shape index (κ2) is 6.52. The highest BCUT2D eigenvalue weighted by molar-refractivity contribution is 5.98. The molecule has 112 valence electrons. The van der Waals surface area contributed by atoms with Gasteiger partial charge in [-0.05, 0) is 37.0 Å². The van der Waals surface area contributed by atoms with E-state index in [1.54, 1.807) is 4.90 Å². The molecule has 2 rings (SSSR count). The van der Waals surface area contributed by atoms with Crippen molar-refractivity contribution in [2.24, 2.45) is 0 Å². The Kier molecular flexibility index (Phi) is 4.73. The molecule has 21 heavy (non-hydrogen) atoms. The summed E-state index contributed by atoms with van der Waals surface area (Å²) in [7, 11) is 0. The van der Waals surface area contributed by atoms with Gasteiger partial charge in [0.15, 0.2) is 0 Å². The highest BCUT2D eigenvalue weighted by Crippen LogP contribution is 2.27. The Morgan fingerprint density at radius 1 is 1.48 bits per heavy atom. The minimum absolute atomic E-state index is 0.0311. The highest BCUT2D eigenvalue weighted by atomic mass is 16.2. The third kappa shape index (κ3) is 3.29. The van der Waals surface area contributed by atoms with Crippen molar-refractivity contribution >= 4 is 18.2 Å². The van der Waals surface area contributed by atoms with Crippen LogP contribution in [0.4, 0.5) is 0 Å². The van der Waals surface area contributed by atoms with E-state index in [0.717, 1.165) is 23.1 Å². The van der Waals surface area contributed by atoms with Gasteiger partial charge >= 0.3 is 0 Å². The maximum absolute atomic E-state index is 12.4. The van der Waals surface area contributed by atoms with Crippen molar-refractivity contribution in [1.29, 1.82) is 0 Å². The smallest absolute Gasteiger partial charge is 0.254 e. The number of carbonyl (C=O) groups excluding carboxylic acids is 3. The largest absolute Gasteiger partial charge is 0.332 e. The molecule has 0 aromatic heterocycles. The molecule has 0 aliphatic carbocycles. The van der Waals surface area contributed by atoms with Gasteiger partial charge in [0.1, 0.15) is 0 Å². The fraction of sp³-hybridized carbons (Fsp3) is 0.438. The van der Waals surface area contributed by atoms with Gasteiger partial charge in [0, 0.05) is 24.6 Å². The van der Waals surface area contributed by atoms with Gasteiger partial charge in [0.2, 0.25) is 12.3 Å².